The average Bonchev–Trinajstić information content (AvgIpc) is 2.17. The Bertz CT molecular complexity index is 254. The van der Waals surface area contributed by atoms with E-state index in [4.69, 9.17) is 0 Å². The van der Waals surface area contributed by atoms with Gasteiger partial charge in [0.15, 0.2) is 0 Å². The van der Waals surface area contributed by atoms with Gasteiger partial charge in [-0.2, -0.15) is 5.10 Å². The molecule has 11 heavy (non-hydrogen) atoms. The highest BCUT2D eigenvalue weighted by molar-refractivity contribution is 14.1. The summed E-state index contributed by atoms with van der Waals surface area (Å²) in [5.41, 5.74) is 3.43. The molecule has 0 radical (unpaired) electrons. The molecule has 0 fully saturated rings. The monoisotopic (exact) mass is 265 g/mol. The molecule has 0 aliphatic carbocycles. The molecule has 4 heteroatoms. The average molecular weight is 265 g/mol. The number of anilines is 1. The van der Waals surface area contributed by atoms with Crippen molar-refractivity contribution in [2.45, 2.75) is 13.8 Å². The summed E-state index contributed by atoms with van der Waals surface area (Å²) in [7, 11) is 1.96. The van der Waals surface area contributed by atoms with Crippen molar-refractivity contribution in [3.05, 3.63) is 11.4 Å². The summed E-state index contributed by atoms with van der Waals surface area (Å²) in [6.07, 6.45) is 0. The molecule has 0 unspecified atom stereocenters. The van der Waals surface area contributed by atoms with Crippen molar-refractivity contribution >= 4 is 28.3 Å². The molecule has 0 saturated heterocycles. The Balaban J connectivity index is 3.02. The van der Waals surface area contributed by atoms with Crippen LogP contribution in [0.5, 0.6) is 0 Å². The largest absolute Gasteiger partial charge is 0.373 e. The number of aromatic nitrogens is 2. The van der Waals surface area contributed by atoms with E-state index in [1.54, 1.807) is 0 Å². The zero-order valence-corrected chi connectivity index (χ0v) is 9.14. The molecular formula is C7H12IN3. The van der Waals surface area contributed by atoms with Gasteiger partial charge in [0.05, 0.1) is 21.6 Å². The van der Waals surface area contributed by atoms with Crippen LogP contribution < -0.4 is 5.32 Å². The van der Waals surface area contributed by atoms with Crippen LogP contribution in [0.3, 0.4) is 0 Å². The Morgan fingerprint density at radius 3 is 2.55 bits per heavy atom. The summed E-state index contributed by atoms with van der Waals surface area (Å²) in [5.74, 6) is 0. The van der Waals surface area contributed by atoms with Crippen LogP contribution in [-0.4, -0.2) is 14.3 Å². The number of nitrogens with zero attached hydrogens (tertiary/aromatic N) is 2. The topological polar surface area (TPSA) is 29.9 Å². The molecule has 0 spiro atoms. The van der Waals surface area contributed by atoms with Crippen molar-refractivity contribution in [1.29, 1.82) is 0 Å². The van der Waals surface area contributed by atoms with E-state index in [0.717, 1.165) is 10.2 Å². The first-order chi connectivity index (χ1) is 5.16. The van der Waals surface area contributed by atoms with E-state index in [1.807, 2.05) is 18.7 Å². The molecule has 1 aromatic rings. The van der Waals surface area contributed by atoms with Gasteiger partial charge in [-0.05, 0) is 13.8 Å². The molecule has 1 rings (SSSR count). The predicted molar refractivity (Wildman–Crippen MR) is 55.2 cm³/mol. The second kappa shape index (κ2) is 3.42. The third kappa shape index (κ3) is 1.66. The van der Waals surface area contributed by atoms with E-state index in [2.05, 4.69) is 39.9 Å². The lowest BCUT2D eigenvalue weighted by atomic mass is 10.3. The lowest BCUT2D eigenvalue weighted by Gasteiger charge is -2.00. The van der Waals surface area contributed by atoms with Gasteiger partial charge < -0.3 is 5.32 Å². The Morgan fingerprint density at radius 2 is 2.18 bits per heavy atom. The van der Waals surface area contributed by atoms with Gasteiger partial charge in [-0.25, -0.2) is 0 Å². The third-order valence-electron chi connectivity index (χ3n) is 1.75. The second-order valence-corrected chi connectivity index (χ2v) is 3.24. The van der Waals surface area contributed by atoms with Gasteiger partial charge >= 0.3 is 0 Å². The number of nitrogens with one attached hydrogen (secondary N) is 1. The molecule has 0 saturated carbocycles. The number of alkyl halides is 1. The van der Waals surface area contributed by atoms with Gasteiger partial charge in [-0.3, -0.25) is 4.68 Å². The molecule has 0 aromatic carbocycles. The first-order valence-electron chi connectivity index (χ1n) is 3.47. The van der Waals surface area contributed by atoms with Crippen LogP contribution in [0, 0.1) is 13.8 Å². The summed E-state index contributed by atoms with van der Waals surface area (Å²) in [4.78, 5) is 0. The predicted octanol–water partition coefficient (Wildman–Crippen LogP) is 1.84. The fourth-order valence-electron chi connectivity index (χ4n) is 1.10. The van der Waals surface area contributed by atoms with Gasteiger partial charge in [-0.15, -0.1) is 0 Å². The number of halogens is 1. The maximum atomic E-state index is 4.28. The minimum atomic E-state index is 0.922. The van der Waals surface area contributed by atoms with Gasteiger partial charge in [0.25, 0.3) is 0 Å². The summed E-state index contributed by atoms with van der Waals surface area (Å²) in [6, 6.07) is 0. The number of hydrogen-bond donors (Lipinski definition) is 1. The van der Waals surface area contributed by atoms with Crippen LogP contribution in [0.1, 0.15) is 11.4 Å². The Kier molecular flexibility index (Phi) is 2.75. The molecular weight excluding hydrogens is 253 g/mol. The highest BCUT2D eigenvalue weighted by atomic mass is 127. The van der Waals surface area contributed by atoms with E-state index >= 15 is 0 Å². The lowest BCUT2D eigenvalue weighted by Crippen LogP contribution is -1.97. The number of hydrogen-bond acceptors (Lipinski definition) is 2. The first kappa shape index (κ1) is 8.83. The molecule has 0 aliphatic rings. The van der Waals surface area contributed by atoms with Crippen LogP contribution in [0.25, 0.3) is 0 Å². The second-order valence-electron chi connectivity index (χ2n) is 2.48. The smallest absolute Gasteiger partial charge is 0.0828 e. The van der Waals surface area contributed by atoms with E-state index in [1.165, 1.54) is 11.4 Å². The summed E-state index contributed by atoms with van der Waals surface area (Å²) in [6.45, 7) is 4.08. The number of rotatable bonds is 2. The van der Waals surface area contributed by atoms with E-state index in [9.17, 15) is 0 Å². The highest BCUT2D eigenvalue weighted by Gasteiger charge is 2.06. The molecule has 0 bridgehead atoms. The van der Waals surface area contributed by atoms with Gasteiger partial charge in [0.2, 0.25) is 0 Å². The normalized spacial score (nSPS) is 10.2. The van der Waals surface area contributed by atoms with Crippen molar-refractivity contribution in [1.82, 2.24) is 9.78 Å². The first-order valence-corrected chi connectivity index (χ1v) is 4.99. The third-order valence-corrected chi connectivity index (χ3v) is 2.13. The molecule has 3 nitrogen and oxygen atoms in total. The van der Waals surface area contributed by atoms with Gasteiger partial charge in [0, 0.05) is 7.05 Å². The highest BCUT2D eigenvalue weighted by Crippen LogP contribution is 2.17. The Hall–Kier alpha value is -0.260. The zero-order chi connectivity index (χ0) is 8.43. The van der Waals surface area contributed by atoms with Crippen molar-refractivity contribution in [3.63, 3.8) is 0 Å². The molecule has 0 amide bonds. The van der Waals surface area contributed by atoms with E-state index in [-0.39, 0.29) is 0 Å². The summed E-state index contributed by atoms with van der Waals surface area (Å²) in [5, 5.41) is 7.55. The Labute approximate surface area is 80.3 Å². The fourth-order valence-corrected chi connectivity index (χ4v) is 1.48. The van der Waals surface area contributed by atoms with Crippen LogP contribution >= 0.6 is 22.6 Å². The van der Waals surface area contributed by atoms with Gasteiger partial charge in [0.1, 0.15) is 0 Å². The maximum Gasteiger partial charge on any atom is 0.0828 e. The standard InChI is InChI=1S/C7H12IN3/c1-5-7(9-4-8)6(2)11(3)10-5/h9H,4H2,1-3H3. The van der Waals surface area contributed by atoms with Crippen LogP contribution in [0.2, 0.25) is 0 Å². The minimum absolute atomic E-state index is 0.922. The van der Waals surface area contributed by atoms with Crippen molar-refractivity contribution < 1.29 is 0 Å². The lowest BCUT2D eigenvalue weighted by molar-refractivity contribution is 0.731. The molecule has 1 heterocycles. The van der Waals surface area contributed by atoms with Gasteiger partial charge in [-0.1, -0.05) is 22.6 Å². The Morgan fingerprint density at radius 1 is 1.55 bits per heavy atom. The quantitative estimate of drug-likeness (QED) is 0.502. The zero-order valence-electron chi connectivity index (χ0n) is 6.98. The molecule has 0 atom stereocenters. The van der Waals surface area contributed by atoms with Crippen LogP contribution in [-0.2, 0) is 7.05 Å². The number of aryl methyl sites for hydroxylation is 2. The SMILES string of the molecule is Cc1nn(C)c(C)c1NCI. The summed E-state index contributed by atoms with van der Waals surface area (Å²) >= 11 is 2.29. The molecule has 1 aromatic heterocycles. The van der Waals surface area contributed by atoms with E-state index in [0.29, 0.717) is 0 Å². The minimum Gasteiger partial charge on any atom is -0.373 e. The summed E-state index contributed by atoms with van der Waals surface area (Å²) < 4.78 is 2.81. The van der Waals surface area contributed by atoms with E-state index < -0.39 is 0 Å². The molecule has 1 N–H and O–H groups in total. The van der Waals surface area contributed by atoms with Crippen LogP contribution in [0.15, 0.2) is 0 Å². The molecule has 0 aliphatic heterocycles. The molecule has 62 valence electrons. The van der Waals surface area contributed by atoms with Crippen LogP contribution in [0.4, 0.5) is 5.69 Å². The van der Waals surface area contributed by atoms with Crippen molar-refractivity contribution in [2.24, 2.45) is 7.05 Å². The maximum absolute atomic E-state index is 4.28. The fraction of sp³-hybridized carbons (Fsp3) is 0.571. The van der Waals surface area contributed by atoms with Crippen molar-refractivity contribution in [2.75, 3.05) is 9.87 Å². The van der Waals surface area contributed by atoms with Crippen molar-refractivity contribution in [3.8, 4) is 0 Å².